The van der Waals surface area contributed by atoms with E-state index >= 15 is 0 Å². The number of benzene rings is 1. The SMILES string of the molecule is CC(C)(C)OC(=O)[C@@H](CCC=O)N(C(=O)OCc1ccccc1)C(=O)OC(C)(C)C. The summed E-state index contributed by atoms with van der Waals surface area (Å²) in [7, 11) is 0. The summed E-state index contributed by atoms with van der Waals surface area (Å²) in [6, 6.07) is 7.51. The molecule has 0 aliphatic carbocycles. The number of esters is 1. The van der Waals surface area contributed by atoms with E-state index in [1.165, 1.54) is 0 Å². The minimum atomic E-state index is -1.37. The van der Waals surface area contributed by atoms with Crippen LogP contribution in [0.1, 0.15) is 59.9 Å². The molecular weight excluding hydrogens is 390 g/mol. The Morgan fingerprint density at radius 1 is 0.933 bits per heavy atom. The smallest absolute Gasteiger partial charge is 0.420 e. The lowest BCUT2D eigenvalue weighted by Crippen LogP contribution is -2.52. The van der Waals surface area contributed by atoms with E-state index in [9.17, 15) is 19.2 Å². The summed E-state index contributed by atoms with van der Waals surface area (Å²) in [5.41, 5.74) is -1.07. The molecule has 1 aromatic carbocycles. The first-order chi connectivity index (χ1) is 13.8. The molecule has 0 aromatic heterocycles. The highest BCUT2D eigenvalue weighted by Gasteiger charge is 2.40. The van der Waals surface area contributed by atoms with Crippen LogP contribution in [0.5, 0.6) is 0 Å². The zero-order valence-corrected chi connectivity index (χ0v) is 18.5. The van der Waals surface area contributed by atoms with Crippen molar-refractivity contribution in [1.29, 1.82) is 0 Å². The summed E-state index contributed by atoms with van der Waals surface area (Å²) in [5.74, 6) is -0.827. The molecule has 166 valence electrons. The molecule has 0 saturated heterocycles. The third-order valence-electron chi connectivity index (χ3n) is 3.54. The van der Waals surface area contributed by atoms with Crippen molar-refractivity contribution in [2.24, 2.45) is 0 Å². The van der Waals surface area contributed by atoms with Gasteiger partial charge in [-0.05, 0) is 53.5 Å². The molecule has 1 rings (SSSR count). The number of hydrogen-bond donors (Lipinski definition) is 0. The first-order valence-corrected chi connectivity index (χ1v) is 9.73. The quantitative estimate of drug-likeness (QED) is 0.369. The van der Waals surface area contributed by atoms with Crippen molar-refractivity contribution in [2.75, 3.05) is 0 Å². The van der Waals surface area contributed by atoms with Crippen LogP contribution >= 0.6 is 0 Å². The number of rotatable bonds is 7. The molecule has 0 saturated carbocycles. The Balaban J connectivity index is 3.17. The van der Waals surface area contributed by atoms with E-state index in [-0.39, 0.29) is 19.4 Å². The van der Waals surface area contributed by atoms with Crippen molar-refractivity contribution < 1.29 is 33.4 Å². The Hall–Kier alpha value is -2.90. The Morgan fingerprint density at radius 3 is 2.00 bits per heavy atom. The number of imide groups is 1. The average Bonchev–Trinajstić information content (AvgIpc) is 2.61. The molecule has 0 unspecified atom stereocenters. The van der Waals surface area contributed by atoms with Crippen molar-refractivity contribution in [3.63, 3.8) is 0 Å². The first-order valence-electron chi connectivity index (χ1n) is 9.73. The molecule has 0 spiro atoms. The summed E-state index contributed by atoms with van der Waals surface area (Å²) < 4.78 is 15.9. The van der Waals surface area contributed by atoms with Crippen LogP contribution < -0.4 is 0 Å². The van der Waals surface area contributed by atoms with Gasteiger partial charge in [0, 0.05) is 6.42 Å². The zero-order valence-electron chi connectivity index (χ0n) is 18.5. The van der Waals surface area contributed by atoms with Crippen LogP contribution in [0.4, 0.5) is 9.59 Å². The van der Waals surface area contributed by atoms with Gasteiger partial charge in [-0.3, -0.25) is 0 Å². The minimum Gasteiger partial charge on any atom is -0.458 e. The predicted octanol–water partition coefficient (Wildman–Crippen LogP) is 4.25. The van der Waals surface area contributed by atoms with Gasteiger partial charge in [0.1, 0.15) is 30.1 Å². The summed E-state index contributed by atoms with van der Waals surface area (Å²) in [6.45, 7) is 9.77. The van der Waals surface area contributed by atoms with Crippen LogP contribution in [0.25, 0.3) is 0 Å². The van der Waals surface area contributed by atoms with Crippen LogP contribution in [0.3, 0.4) is 0 Å². The summed E-state index contributed by atoms with van der Waals surface area (Å²) in [4.78, 5) is 49.9. The molecule has 0 N–H and O–H groups in total. The Kier molecular flexibility index (Phi) is 9.01. The van der Waals surface area contributed by atoms with E-state index in [1.807, 2.05) is 6.07 Å². The lowest BCUT2D eigenvalue weighted by molar-refractivity contribution is -0.161. The maximum atomic E-state index is 12.8. The van der Waals surface area contributed by atoms with Crippen molar-refractivity contribution >= 4 is 24.4 Å². The maximum Gasteiger partial charge on any atom is 0.420 e. The molecule has 0 heterocycles. The first kappa shape index (κ1) is 25.1. The molecule has 0 bridgehead atoms. The normalized spacial score (nSPS) is 12.5. The third-order valence-corrected chi connectivity index (χ3v) is 3.54. The van der Waals surface area contributed by atoms with E-state index in [1.54, 1.807) is 65.8 Å². The van der Waals surface area contributed by atoms with E-state index < -0.39 is 35.4 Å². The topological polar surface area (TPSA) is 99.2 Å². The number of carbonyl (C=O) groups is 4. The molecule has 0 aliphatic rings. The van der Waals surface area contributed by atoms with Gasteiger partial charge in [-0.15, -0.1) is 0 Å². The van der Waals surface area contributed by atoms with Crippen LogP contribution in [-0.2, 0) is 30.4 Å². The second-order valence-corrected chi connectivity index (χ2v) is 8.68. The molecular formula is C22H31NO7. The van der Waals surface area contributed by atoms with Gasteiger partial charge in [0.05, 0.1) is 0 Å². The molecule has 1 aromatic rings. The molecule has 8 heteroatoms. The van der Waals surface area contributed by atoms with Crippen LogP contribution in [0, 0.1) is 0 Å². The molecule has 1 atom stereocenters. The minimum absolute atomic E-state index is 0.0603. The summed E-state index contributed by atoms with van der Waals surface area (Å²) >= 11 is 0. The zero-order chi connectivity index (χ0) is 22.9. The lowest BCUT2D eigenvalue weighted by atomic mass is 10.1. The number of nitrogens with zero attached hydrogens (tertiary/aromatic N) is 1. The molecule has 0 fully saturated rings. The van der Waals surface area contributed by atoms with Crippen LogP contribution in [0.2, 0.25) is 0 Å². The standard InChI is InChI=1S/C22H31NO7/c1-21(2,3)29-18(25)17(13-10-14-24)23(20(27)30-22(4,5)6)19(26)28-15-16-11-8-7-9-12-16/h7-9,11-12,14,17H,10,13,15H2,1-6H3/t17-/m1/s1. The van der Waals surface area contributed by atoms with E-state index in [0.29, 0.717) is 16.7 Å². The maximum absolute atomic E-state index is 12.8. The molecule has 0 radical (unpaired) electrons. The Bertz CT molecular complexity index is 732. The van der Waals surface area contributed by atoms with Gasteiger partial charge in [0.15, 0.2) is 0 Å². The molecule has 8 nitrogen and oxygen atoms in total. The summed E-state index contributed by atoms with van der Waals surface area (Å²) in [5, 5.41) is 0. The highest BCUT2D eigenvalue weighted by Crippen LogP contribution is 2.20. The van der Waals surface area contributed by atoms with Crippen molar-refractivity contribution in [3.8, 4) is 0 Å². The number of ether oxygens (including phenoxy) is 3. The second-order valence-electron chi connectivity index (χ2n) is 8.68. The van der Waals surface area contributed by atoms with Gasteiger partial charge in [-0.25, -0.2) is 14.4 Å². The summed E-state index contributed by atoms with van der Waals surface area (Å²) in [6.07, 6.45) is -1.69. The van der Waals surface area contributed by atoms with E-state index in [2.05, 4.69) is 0 Å². The molecule has 0 aliphatic heterocycles. The molecule has 30 heavy (non-hydrogen) atoms. The fourth-order valence-electron chi connectivity index (χ4n) is 2.38. The van der Waals surface area contributed by atoms with Gasteiger partial charge in [-0.2, -0.15) is 4.90 Å². The van der Waals surface area contributed by atoms with Crippen molar-refractivity contribution in [1.82, 2.24) is 4.90 Å². The fourth-order valence-corrected chi connectivity index (χ4v) is 2.38. The van der Waals surface area contributed by atoms with Gasteiger partial charge in [-0.1, -0.05) is 30.3 Å². The highest BCUT2D eigenvalue weighted by molar-refractivity contribution is 5.94. The molecule has 2 amide bonds. The van der Waals surface area contributed by atoms with Crippen LogP contribution in [0.15, 0.2) is 30.3 Å². The van der Waals surface area contributed by atoms with Crippen LogP contribution in [-0.4, -0.2) is 46.6 Å². The van der Waals surface area contributed by atoms with Crippen molar-refractivity contribution in [3.05, 3.63) is 35.9 Å². The third kappa shape index (κ3) is 9.07. The Morgan fingerprint density at radius 2 is 1.50 bits per heavy atom. The van der Waals surface area contributed by atoms with E-state index in [4.69, 9.17) is 14.2 Å². The van der Waals surface area contributed by atoms with Gasteiger partial charge in [0.2, 0.25) is 0 Å². The highest BCUT2D eigenvalue weighted by atomic mass is 16.6. The number of aldehydes is 1. The largest absolute Gasteiger partial charge is 0.458 e. The predicted molar refractivity (Wildman–Crippen MR) is 110 cm³/mol. The monoisotopic (exact) mass is 421 g/mol. The number of amides is 2. The number of hydrogen-bond acceptors (Lipinski definition) is 7. The Labute approximate surface area is 177 Å². The number of carbonyl (C=O) groups excluding carboxylic acids is 4. The lowest BCUT2D eigenvalue weighted by Gasteiger charge is -2.31. The van der Waals surface area contributed by atoms with Gasteiger partial charge < -0.3 is 19.0 Å². The fraction of sp³-hybridized carbons (Fsp3) is 0.545. The average molecular weight is 421 g/mol. The van der Waals surface area contributed by atoms with E-state index in [0.717, 1.165) is 0 Å². The second kappa shape index (κ2) is 10.8. The van der Waals surface area contributed by atoms with Crippen molar-refractivity contribution in [2.45, 2.75) is 78.2 Å². The van der Waals surface area contributed by atoms with Gasteiger partial charge in [0.25, 0.3) is 0 Å². The van der Waals surface area contributed by atoms with Gasteiger partial charge >= 0.3 is 18.2 Å².